The topological polar surface area (TPSA) is 46.3 Å². The summed E-state index contributed by atoms with van der Waals surface area (Å²) in [5.74, 6) is 0.758. The predicted molar refractivity (Wildman–Crippen MR) is 71.6 cm³/mol. The van der Waals surface area contributed by atoms with Gasteiger partial charge in [0.2, 0.25) is 5.91 Å². The number of nitrogens with zero attached hydrogens (tertiary/aromatic N) is 1. The summed E-state index contributed by atoms with van der Waals surface area (Å²) in [4.78, 5) is 14.2. The van der Waals surface area contributed by atoms with E-state index < -0.39 is 0 Å². The second kappa shape index (κ2) is 7.49. The summed E-state index contributed by atoms with van der Waals surface area (Å²) in [6.45, 7) is 7.24. The molecule has 3 nitrogen and oxygen atoms in total. The first-order valence-electron chi connectivity index (χ1n) is 6.85. The van der Waals surface area contributed by atoms with Gasteiger partial charge in [-0.2, -0.15) is 0 Å². The summed E-state index contributed by atoms with van der Waals surface area (Å²) >= 11 is 0. The minimum absolute atomic E-state index is 0.262. The number of hydrogen-bond donors (Lipinski definition) is 1. The minimum atomic E-state index is 0.262. The monoisotopic (exact) mass is 238 g/mol. The van der Waals surface area contributed by atoms with Gasteiger partial charge in [0.05, 0.1) is 0 Å². The van der Waals surface area contributed by atoms with E-state index in [1.165, 1.54) is 19.3 Å². The van der Waals surface area contributed by atoms with Gasteiger partial charge in [0, 0.05) is 19.0 Å². The molecule has 1 amide bonds. The van der Waals surface area contributed by atoms with Gasteiger partial charge in [-0.25, -0.2) is 0 Å². The molecule has 0 bridgehead atoms. The van der Waals surface area contributed by atoms with Crippen LogP contribution in [0.3, 0.4) is 0 Å². The van der Waals surface area contributed by atoms with Crippen molar-refractivity contribution in [2.75, 3.05) is 13.1 Å². The van der Waals surface area contributed by atoms with Gasteiger partial charge in [-0.15, -0.1) is 6.58 Å². The molecule has 0 saturated heterocycles. The third-order valence-corrected chi connectivity index (χ3v) is 3.80. The van der Waals surface area contributed by atoms with E-state index in [4.69, 9.17) is 5.73 Å². The van der Waals surface area contributed by atoms with E-state index in [1.807, 2.05) is 11.0 Å². The van der Waals surface area contributed by atoms with Crippen molar-refractivity contribution in [2.24, 2.45) is 11.7 Å². The molecule has 2 atom stereocenters. The van der Waals surface area contributed by atoms with Crippen LogP contribution in [-0.4, -0.2) is 29.9 Å². The van der Waals surface area contributed by atoms with E-state index in [0.29, 0.717) is 24.9 Å². The highest BCUT2D eigenvalue weighted by Crippen LogP contribution is 2.28. The first-order chi connectivity index (χ1) is 8.24. The number of allylic oxidation sites excluding steroid dienone is 1. The summed E-state index contributed by atoms with van der Waals surface area (Å²) in [5, 5.41) is 0. The normalized spacial score (nSPS) is 24.4. The van der Waals surface area contributed by atoms with Crippen molar-refractivity contribution in [3.05, 3.63) is 12.7 Å². The van der Waals surface area contributed by atoms with Gasteiger partial charge in [-0.1, -0.05) is 18.9 Å². The number of hydrogen-bond acceptors (Lipinski definition) is 2. The van der Waals surface area contributed by atoms with Crippen molar-refractivity contribution in [3.63, 3.8) is 0 Å². The first kappa shape index (κ1) is 14.2. The third kappa shape index (κ3) is 3.84. The molecule has 0 radical (unpaired) electrons. The highest BCUT2D eigenvalue weighted by molar-refractivity contribution is 5.76. The quantitative estimate of drug-likeness (QED) is 0.722. The molecule has 0 aromatic carbocycles. The molecule has 0 aromatic rings. The molecule has 0 aromatic heterocycles. The van der Waals surface area contributed by atoms with E-state index in [2.05, 4.69) is 13.5 Å². The van der Waals surface area contributed by atoms with E-state index in [1.54, 1.807) is 0 Å². The molecule has 1 fully saturated rings. The largest absolute Gasteiger partial charge is 0.340 e. The molecular weight excluding hydrogens is 212 g/mol. The highest BCUT2D eigenvalue weighted by atomic mass is 16.2. The number of amides is 1. The lowest BCUT2D eigenvalue weighted by atomic mass is 9.83. The summed E-state index contributed by atoms with van der Waals surface area (Å²) in [7, 11) is 0. The van der Waals surface area contributed by atoms with E-state index in [9.17, 15) is 4.79 Å². The Hall–Kier alpha value is -0.830. The van der Waals surface area contributed by atoms with Crippen LogP contribution in [-0.2, 0) is 4.79 Å². The Morgan fingerprint density at radius 1 is 1.47 bits per heavy atom. The maximum absolute atomic E-state index is 12.1. The van der Waals surface area contributed by atoms with E-state index in [-0.39, 0.29) is 5.91 Å². The van der Waals surface area contributed by atoms with Crippen molar-refractivity contribution >= 4 is 5.91 Å². The lowest BCUT2D eigenvalue weighted by molar-refractivity contribution is -0.135. The van der Waals surface area contributed by atoms with Crippen molar-refractivity contribution in [1.82, 2.24) is 4.90 Å². The predicted octanol–water partition coefficient (Wildman–Crippen LogP) is 2.32. The standard InChI is InChI=1S/C14H26N2O/c1-3-5-10-14(17)16(4-2)13-9-7-6-8-12(13)11-15/h3,12-13H,1,4-11,15H2,2H3. The Labute approximate surface area is 105 Å². The molecule has 1 aliphatic rings. The van der Waals surface area contributed by atoms with Crippen LogP contribution in [0.2, 0.25) is 0 Å². The van der Waals surface area contributed by atoms with Crippen molar-refractivity contribution in [2.45, 2.75) is 51.5 Å². The molecule has 2 unspecified atom stereocenters. The van der Waals surface area contributed by atoms with Crippen molar-refractivity contribution in [3.8, 4) is 0 Å². The van der Waals surface area contributed by atoms with Crippen LogP contribution >= 0.6 is 0 Å². The third-order valence-electron chi connectivity index (χ3n) is 3.80. The maximum Gasteiger partial charge on any atom is 0.223 e. The number of rotatable bonds is 6. The van der Waals surface area contributed by atoms with Crippen LogP contribution < -0.4 is 5.73 Å². The van der Waals surface area contributed by atoms with Crippen LogP contribution in [0, 0.1) is 5.92 Å². The lowest BCUT2D eigenvalue weighted by Gasteiger charge is -2.39. The summed E-state index contributed by atoms with van der Waals surface area (Å²) < 4.78 is 0. The molecule has 1 aliphatic carbocycles. The summed E-state index contributed by atoms with van der Waals surface area (Å²) in [5.41, 5.74) is 5.83. The average molecular weight is 238 g/mol. The second-order valence-corrected chi connectivity index (χ2v) is 4.85. The molecular formula is C14H26N2O. The van der Waals surface area contributed by atoms with Crippen LogP contribution in [0.1, 0.15) is 45.4 Å². The molecule has 0 spiro atoms. The Bertz CT molecular complexity index is 253. The fourth-order valence-electron chi connectivity index (χ4n) is 2.84. The fraction of sp³-hybridized carbons (Fsp3) is 0.786. The molecule has 1 rings (SSSR count). The Balaban J connectivity index is 2.63. The van der Waals surface area contributed by atoms with Gasteiger partial charge < -0.3 is 10.6 Å². The summed E-state index contributed by atoms with van der Waals surface area (Å²) in [6, 6.07) is 0.371. The Morgan fingerprint density at radius 2 is 2.18 bits per heavy atom. The zero-order valence-electron chi connectivity index (χ0n) is 11.0. The Morgan fingerprint density at radius 3 is 2.76 bits per heavy atom. The lowest BCUT2D eigenvalue weighted by Crippen LogP contribution is -2.47. The van der Waals surface area contributed by atoms with Gasteiger partial charge in [-0.3, -0.25) is 4.79 Å². The van der Waals surface area contributed by atoms with Crippen LogP contribution in [0.15, 0.2) is 12.7 Å². The van der Waals surface area contributed by atoms with Gasteiger partial charge in [0.15, 0.2) is 0 Å². The van der Waals surface area contributed by atoms with Gasteiger partial charge >= 0.3 is 0 Å². The average Bonchev–Trinajstić information content (AvgIpc) is 2.37. The molecule has 1 saturated carbocycles. The fourth-order valence-corrected chi connectivity index (χ4v) is 2.84. The smallest absolute Gasteiger partial charge is 0.223 e. The zero-order valence-corrected chi connectivity index (χ0v) is 11.0. The van der Waals surface area contributed by atoms with Gasteiger partial charge in [0.25, 0.3) is 0 Å². The molecule has 98 valence electrons. The van der Waals surface area contributed by atoms with E-state index in [0.717, 1.165) is 19.4 Å². The molecule has 2 N–H and O–H groups in total. The van der Waals surface area contributed by atoms with E-state index >= 15 is 0 Å². The second-order valence-electron chi connectivity index (χ2n) is 4.85. The zero-order chi connectivity index (χ0) is 12.7. The maximum atomic E-state index is 12.1. The van der Waals surface area contributed by atoms with Crippen molar-refractivity contribution < 1.29 is 4.79 Å². The van der Waals surface area contributed by atoms with Crippen LogP contribution in [0.4, 0.5) is 0 Å². The minimum Gasteiger partial charge on any atom is -0.340 e. The van der Waals surface area contributed by atoms with Gasteiger partial charge in [0.1, 0.15) is 0 Å². The van der Waals surface area contributed by atoms with Crippen LogP contribution in [0.25, 0.3) is 0 Å². The highest BCUT2D eigenvalue weighted by Gasteiger charge is 2.30. The first-order valence-corrected chi connectivity index (χ1v) is 6.85. The number of carbonyl (C=O) groups is 1. The number of nitrogens with two attached hydrogens (primary N) is 1. The molecule has 17 heavy (non-hydrogen) atoms. The summed E-state index contributed by atoms with van der Waals surface area (Å²) in [6.07, 6.45) is 7.96. The Kier molecular flexibility index (Phi) is 6.27. The van der Waals surface area contributed by atoms with Gasteiger partial charge in [-0.05, 0) is 38.6 Å². The molecule has 3 heteroatoms. The van der Waals surface area contributed by atoms with Crippen molar-refractivity contribution in [1.29, 1.82) is 0 Å². The number of carbonyl (C=O) groups excluding carboxylic acids is 1. The SMILES string of the molecule is C=CCCC(=O)N(CC)C1CCCCC1CN. The molecule has 0 aliphatic heterocycles. The molecule has 0 heterocycles. The van der Waals surface area contributed by atoms with Crippen LogP contribution in [0.5, 0.6) is 0 Å².